The van der Waals surface area contributed by atoms with Gasteiger partial charge in [0.05, 0.1) is 18.1 Å². The van der Waals surface area contributed by atoms with Crippen LogP contribution in [0.1, 0.15) is 21.9 Å². The molecule has 0 radical (unpaired) electrons. The van der Waals surface area contributed by atoms with Crippen LogP contribution < -0.4 is 5.32 Å². The molecule has 0 aliphatic heterocycles. The SMILES string of the molecule is N#Cc1cncn1-c1cccc(C(=O)Nc2ccc(C(F)(F)F)nc2)n1. The van der Waals surface area contributed by atoms with Crippen LogP contribution >= 0.6 is 0 Å². The zero-order valence-electron chi connectivity index (χ0n) is 12.9. The van der Waals surface area contributed by atoms with Crippen molar-refractivity contribution in [3.05, 3.63) is 66.1 Å². The second-order valence-electron chi connectivity index (χ2n) is 5.03. The fourth-order valence-corrected chi connectivity index (χ4v) is 2.07. The Bertz CT molecular complexity index is 988. The van der Waals surface area contributed by atoms with Gasteiger partial charge in [0, 0.05) is 0 Å². The van der Waals surface area contributed by atoms with Gasteiger partial charge in [-0.3, -0.25) is 9.36 Å². The molecule has 130 valence electrons. The van der Waals surface area contributed by atoms with Crippen molar-refractivity contribution >= 4 is 11.6 Å². The fourth-order valence-electron chi connectivity index (χ4n) is 2.07. The van der Waals surface area contributed by atoms with E-state index in [0.717, 1.165) is 18.3 Å². The van der Waals surface area contributed by atoms with E-state index < -0.39 is 17.8 Å². The summed E-state index contributed by atoms with van der Waals surface area (Å²) >= 11 is 0. The van der Waals surface area contributed by atoms with Crippen molar-refractivity contribution in [2.24, 2.45) is 0 Å². The lowest BCUT2D eigenvalue weighted by Crippen LogP contribution is -2.15. The number of nitriles is 1. The Kier molecular flexibility index (Phi) is 4.36. The topological polar surface area (TPSA) is 96.5 Å². The van der Waals surface area contributed by atoms with Gasteiger partial charge in [-0.15, -0.1) is 0 Å². The van der Waals surface area contributed by atoms with E-state index in [2.05, 4.69) is 20.3 Å². The van der Waals surface area contributed by atoms with E-state index in [9.17, 15) is 18.0 Å². The van der Waals surface area contributed by atoms with E-state index in [0.29, 0.717) is 5.82 Å². The number of carbonyl (C=O) groups excluding carboxylic acids is 1. The van der Waals surface area contributed by atoms with E-state index >= 15 is 0 Å². The lowest BCUT2D eigenvalue weighted by Gasteiger charge is -2.09. The first kappa shape index (κ1) is 17.1. The maximum absolute atomic E-state index is 12.5. The number of amides is 1. The maximum atomic E-state index is 12.5. The number of halogens is 3. The van der Waals surface area contributed by atoms with Crippen LogP contribution in [0.5, 0.6) is 0 Å². The van der Waals surface area contributed by atoms with E-state index in [4.69, 9.17) is 5.26 Å². The second-order valence-corrected chi connectivity index (χ2v) is 5.03. The van der Waals surface area contributed by atoms with Crippen molar-refractivity contribution < 1.29 is 18.0 Å². The third-order valence-electron chi connectivity index (χ3n) is 3.28. The van der Waals surface area contributed by atoms with Crippen molar-refractivity contribution in [2.45, 2.75) is 6.18 Å². The molecule has 0 aliphatic carbocycles. The van der Waals surface area contributed by atoms with Gasteiger partial charge in [-0.1, -0.05) is 6.07 Å². The molecule has 10 heteroatoms. The number of anilines is 1. The predicted octanol–water partition coefficient (Wildman–Crippen LogP) is 2.81. The molecule has 3 rings (SSSR count). The highest BCUT2D eigenvalue weighted by Gasteiger charge is 2.32. The molecule has 0 atom stereocenters. The van der Waals surface area contributed by atoms with Crippen molar-refractivity contribution in [3.8, 4) is 11.9 Å². The van der Waals surface area contributed by atoms with Crippen LogP contribution in [0.4, 0.5) is 18.9 Å². The first-order valence-corrected chi connectivity index (χ1v) is 7.13. The predicted molar refractivity (Wildman–Crippen MR) is 83.3 cm³/mol. The molecule has 26 heavy (non-hydrogen) atoms. The molecule has 3 aromatic rings. The van der Waals surface area contributed by atoms with Crippen molar-refractivity contribution in [1.29, 1.82) is 5.26 Å². The third-order valence-corrected chi connectivity index (χ3v) is 3.28. The molecular formula is C16H9F3N6O. The van der Waals surface area contributed by atoms with Gasteiger partial charge in [0.2, 0.25) is 0 Å². The number of carbonyl (C=O) groups is 1. The van der Waals surface area contributed by atoms with Gasteiger partial charge in [0.1, 0.15) is 35.3 Å². The van der Waals surface area contributed by atoms with Crippen LogP contribution in [0.2, 0.25) is 0 Å². The van der Waals surface area contributed by atoms with Crippen LogP contribution in [-0.2, 0) is 6.18 Å². The monoisotopic (exact) mass is 358 g/mol. The average Bonchev–Trinajstić information content (AvgIpc) is 3.10. The molecule has 0 aromatic carbocycles. The van der Waals surface area contributed by atoms with Gasteiger partial charge >= 0.3 is 6.18 Å². The fraction of sp³-hybridized carbons (Fsp3) is 0.0625. The Labute approximate surface area is 144 Å². The third kappa shape index (κ3) is 3.51. The number of hydrogen-bond donors (Lipinski definition) is 1. The number of rotatable bonds is 3. The summed E-state index contributed by atoms with van der Waals surface area (Å²) in [5.74, 6) is -0.329. The Morgan fingerprint density at radius 3 is 2.65 bits per heavy atom. The van der Waals surface area contributed by atoms with Crippen molar-refractivity contribution in [1.82, 2.24) is 19.5 Å². The summed E-state index contributed by atoms with van der Waals surface area (Å²) in [7, 11) is 0. The summed E-state index contributed by atoms with van der Waals surface area (Å²) in [5, 5.41) is 11.4. The Morgan fingerprint density at radius 2 is 2.00 bits per heavy atom. The van der Waals surface area contributed by atoms with Crippen LogP contribution in [0.3, 0.4) is 0 Å². The first-order valence-electron chi connectivity index (χ1n) is 7.13. The largest absolute Gasteiger partial charge is 0.433 e. The van der Waals surface area contributed by atoms with Gasteiger partial charge in [-0.2, -0.15) is 18.4 Å². The van der Waals surface area contributed by atoms with Crippen molar-refractivity contribution in [3.63, 3.8) is 0 Å². The smallest absolute Gasteiger partial charge is 0.319 e. The minimum atomic E-state index is -4.55. The lowest BCUT2D eigenvalue weighted by molar-refractivity contribution is -0.141. The molecule has 3 aromatic heterocycles. The molecule has 0 saturated carbocycles. The molecule has 3 heterocycles. The molecule has 0 aliphatic rings. The molecule has 1 amide bonds. The highest BCUT2D eigenvalue weighted by atomic mass is 19.4. The minimum Gasteiger partial charge on any atom is -0.319 e. The number of nitrogens with one attached hydrogen (secondary N) is 1. The molecule has 0 bridgehead atoms. The van der Waals surface area contributed by atoms with E-state index in [1.54, 1.807) is 12.1 Å². The average molecular weight is 358 g/mol. The summed E-state index contributed by atoms with van der Waals surface area (Å²) in [6, 6.07) is 8.38. The van der Waals surface area contributed by atoms with Gasteiger partial charge < -0.3 is 5.32 Å². The summed E-state index contributed by atoms with van der Waals surface area (Å²) < 4.78 is 38.9. The summed E-state index contributed by atoms with van der Waals surface area (Å²) in [6.07, 6.45) is -0.916. The summed E-state index contributed by atoms with van der Waals surface area (Å²) in [5.41, 5.74) is -0.711. The molecule has 1 N–H and O–H groups in total. The zero-order valence-corrected chi connectivity index (χ0v) is 12.9. The van der Waals surface area contributed by atoms with Gasteiger partial charge in [-0.05, 0) is 24.3 Å². The number of pyridine rings is 2. The number of hydrogen-bond acceptors (Lipinski definition) is 5. The molecule has 7 nitrogen and oxygen atoms in total. The van der Waals surface area contributed by atoms with Crippen LogP contribution in [0.25, 0.3) is 5.82 Å². The van der Waals surface area contributed by atoms with Crippen LogP contribution in [-0.4, -0.2) is 25.4 Å². The molecule has 0 saturated heterocycles. The Balaban J connectivity index is 1.81. The number of alkyl halides is 3. The zero-order chi connectivity index (χ0) is 18.7. The number of aromatic nitrogens is 4. The normalized spacial score (nSPS) is 11.0. The Morgan fingerprint density at radius 1 is 1.19 bits per heavy atom. The maximum Gasteiger partial charge on any atom is 0.433 e. The number of imidazole rings is 1. The van der Waals surface area contributed by atoms with Crippen molar-refractivity contribution in [2.75, 3.05) is 5.32 Å². The Hall–Kier alpha value is -3.74. The molecular weight excluding hydrogens is 349 g/mol. The van der Waals surface area contributed by atoms with Crippen LogP contribution in [0.15, 0.2) is 49.1 Å². The number of nitrogens with zero attached hydrogens (tertiary/aromatic N) is 5. The molecule has 0 spiro atoms. The quantitative estimate of drug-likeness (QED) is 0.777. The van der Waals surface area contributed by atoms with Crippen LogP contribution in [0, 0.1) is 11.3 Å². The highest BCUT2D eigenvalue weighted by Crippen LogP contribution is 2.27. The van der Waals surface area contributed by atoms with Gasteiger partial charge in [0.15, 0.2) is 0 Å². The molecule has 0 fully saturated rings. The standard InChI is InChI=1S/C16H9F3N6O/c17-16(18,19)13-5-4-10(7-22-13)23-15(26)12-2-1-3-14(24-12)25-9-21-8-11(25)6-20/h1-5,7-9H,(H,23,26). The highest BCUT2D eigenvalue weighted by molar-refractivity contribution is 6.02. The van der Waals surface area contributed by atoms with Gasteiger partial charge in [0.25, 0.3) is 5.91 Å². The van der Waals surface area contributed by atoms with E-state index in [1.807, 2.05) is 6.07 Å². The first-order chi connectivity index (χ1) is 12.4. The lowest BCUT2D eigenvalue weighted by atomic mass is 10.3. The summed E-state index contributed by atoms with van der Waals surface area (Å²) in [6.45, 7) is 0. The summed E-state index contributed by atoms with van der Waals surface area (Å²) in [4.78, 5) is 23.5. The minimum absolute atomic E-state index is 0.0139. The van der Waals surface area contributed by atoms with E-state index in [-0.39, 0.29) is 17.1 Å². The van der Waals surface area contributed by atoms with E-state index in [1.165, 1.54) is 23.2 Å². The molecule has 0 unspecified atom stereocenters. The van der Waals surface area contributed by atoms with Gasteiger partial charge in [-0.25, -0.2) is 15.0 Å². The second kappa shape index (κ2) is 6.64.